The molecule has 0 aliphatic rings. The van der Waals surface area contributed by atoms with Gasteiger partial charge in [-0.1, -0.05) is 20.8 Å². The van der Waals surface area contributed by atoms with Crippen molar-refractivity contribution in [2.45, 2.75) is 27.2 Å². The van der Waals surface area contributed by atoms with Crippen LogP contribution in [0.25, 0.3) is 0 Å². The second-order valence-corrected chi connectivity index (χ2v) is 2.41. The lowest BCUT2D eigenvalue weighted by Gasteiger charge is -2.13. The average molecular weight is 160 g/mol. The molecule has 0 aromatic carbocycles. The van der Waals surface area contributed by atoms with Crippen molar-refractivity contribution >= 4 is 0 Å². The van der Waals surface area contributed by atoms with Crippen molar-refractivity contribution in [3.63, 3.8) is 0 Å². The monoisotopic (exact) mass is 160 g/mol. The lowest BCUT2D eigenvalue weighted by Crippen LogP contribution is -2.27. The van der Waals surface area contributed by atoms with Gasteiger partial charge in [-0.05, 0) is 27.1 Å². The molecule has 0 aromatic heterocycles. The van der Waals surface area contributed by atoms with Crippen LogP contribution in [-0.4, -0.2) is 38.6 Å². The SMILES string of the molecule is CC.CCCN(C)CCNC. The Morgan fingerprint density at radius 3 is 2.09 bits per heavy atom. The van der Waals surface area contributed by atoms with Crippen LogP contribution in [0.15, 0.2) is 0 Å². The predicted octanol–water partition coefficient (Wildman–Crippen LogP) is 1.57. The number of nitrogens with zero attached hydrogens (tertiary/aromatic N) is 1. The highest BCUT2D eigenvalue weighted by Crippen LogP contribution is 1.82. The van der Waals surface area contributed by atoms with Gasteiger partial charge in [-0.2, -0.15) is 0 Å². The standard InChI is InChI=1S/C7H18N2.C2H6/c1-4-6-9(3)7-5-8-2;1-2/h8H,4-7H2,1-3H3;1-2H3. The van der Waals surface area contributed by atoms with Gasteiger partial charge in [-0.3, -0.25) is 0 Å². The molecule has 70 valence electrons. The van der Waals surface area contributed by atoms with Crippen molar-refractivity contribution in [1.82, 2.24) is 10.2 Å². The first-order valence-corrected chi connectivity index (χ1v) is 4.64. The number of likely N-dealkylation sites (N-methyl/N-ethyl adjacent to an activating group) is 2. The number of nitrogens with one attached hydrogen (secondary N) is 1. The fourth-order valence-electron chi connectivity index (χ4n) is 0.796. The maximum atomic E-state index is 3.12. The highest BCUT2D eigenvalue weighted by molar-refractivity contribution is 4.50. The van der Waals surface area contributed by atoms with E-state index in [-0.39, 0.29) is 0 Å². The van der Waals surface area contributed by atoms with Crippen LogP contribution in [0.1, 0.15) is 27.2 Å². The topological polar surface area (TPSA) is 15.3 Å². The molecule has 2 heteroatoms. The van der Waals surface area contributed by atoms with E-state index < -0.39 is 0 Å². The highest BCUT2D eigenvalue weighted by Gasteiger charge is 1.91. The Labute approximate surface area is 72.0 Å². The van der Waals surface area contributed by atoms with Crippen molar-refractivity contribution in [1.29, 1.82) is 0 Å². The minimum atomic E-state index is 1.09. The van der Waals surface area contributed by atoms with E-state index in [1.54, 1.807) is 0 Å². The fourth-order valence-corrected chi connectivity index (χ4v) is 0.796. The van der Waals surface area contributed by atoms with Crippen LogP contribution in [-0.2, 0) is 0 Å². The van der Waals surface area contributed by atoms with Gasteiger partial charge in [0.15, 0.2) is 0 Å². The molecule has 11 heavy (non-hydrogen) atoms. The minimum Gasteiger partial charge on any atom is -0.318 e. The molecule has 0 rings (SSSR count). The molecule has 0 aliphatic carbocycles. The van der Waals surface area contributed by atoms with Crippen LogP contribution in [0, 0.1) is 0 Å². The Morgan fingerprint density at radius 2 is 1.73 bits per heavy atom. The Morgan fingerprint density at radius 1 is 1.18 bits per heavy atom. The lowest BCUT2D eigenvalue weighted by atomic mass is 10.4. The molecule has 1 N–H and O–H groups in total. The summed E-state index contributed by atoms with van der Waals surface area (Å²) < 4.78 is 0. The van der Waals surface area contributed by atoms with Crippen molar-refractivity contribution in [3.8, 4) is 0 Å². The molecule has 0 saturated heterocycles. The molecular formula is C9H24N2. The third kappa shape index (κ3) is 13.0. The van der Waals surface area contributed by atoms with Crippen LogP contribution in [0.2, 0.25) is 0 Å². The van der Waals surface area contributed by atoms with Crippen LogP contribution in [0.5, 0.6) is 0 Å². The molecule has 0 fully saturated rings. The summed E-state index contributed by atoms with van der Waals surface area (Å²) in [4.78, 5) is 2.33. The van der Waals surface area contributed by atoms with E-state index in [1.165, 1.54) is 13.0 Å². The Hall–Kier alpha value is -0.0800. The van der Waals surface area contributed by atoms with Crippen LogP contribution < -0.4 is 5.32 Å². The molecule has 2 nitrogen and oxygen atoms in total. The third-order valence-corrected chi connectivity index (χ3v) is 1.35. The summed E-state index contributed by atoms with van der Waals surface area (Å²) in [5, 5.41) is 3.12. The van der Waals surface area contributed by atoms with Gasteiger partial charge in [-0.25, -0.2) is 0 Å². The molecule has 0 heterocycles. The summed E-state index contributed by atoms with van der Waals surface area (Å²) in [5.41, 5.74) is 0. The lowest BCUT2D eigenvalue weighted by molar-refractivity contribution is 0.336. The second-order valence-electron chi connectivity index (χ2n) is 2.41. The van der Waals surface area contributed by atoms with Gasteiger partial charge in [0.25, 0.3) is 0 Å². The summed E-state index contributed by atoms with van der Waals surface area (Å²) in [6.07, 6.45) is 1.25. The quantitative estimate of drug-likeness (QED) is 0.657. The molecule has 0 aliphatic heterocycles. The summed E-state index contributed by atoms with van der Waals surface area (Å²) in [6, 6.07) is 0. The zero-order valence-corrected chi connectivity index (χ0v) is 8.78. The molecule has 0 aromatic rings. The first kappa shape index (κ1) is 13.5. The Balaban J connectivity index is 0. The molecule has 0 radical (unpaired) electrons. The Bertz CT molecular complexity index is 55.5. The van der Waals surface area contributed by atoms with E-state index in [2.05, 4.69) is 24.2 Å². The first-order valence-electron chi connectivity index (χ1n) is 4.64. The van der Waals surface area contributed by atoms with Crippen molar-refractivity contribution < 1.29 is 0 Å². The van der Waals surface area contributed by atoms with E-state index in [0.717, 1.165) is 13.1 Å². The van der Waals surface area contributed by atoms with E-state index in [0.29, 0.717) is 0 Å². The van der Waals surface area contributed by atoms with Crippen LogP contribution in [0.3, 0.4) is 0 Å². The average Bonchev–Trinajstić information content (AvgIpc) is 2.05. The first-order chi connectivity index (χ1) is 5.31. The molecule has 0 spiro atoms. The second kappa shape index (κ2) is 12.6. The van der Waals surface area contributed by atoms with E-state index in [9.17, 15) is 0 Å². The summed E-state index contributed by atoms with van der Waals surface area (Å²) in [6.45, 7) is 9.67. The molecule has 0 bridgehead atoms. The van der Waals surface area contributed by atoms with Gasteiger partial charge in [0.1, 0.15) is 0 Å². The smallest absolute Gasteiger partial charge is 0.0104 e. The Kier molecular flexibility index (Phi) is 15.4. The highest BCUT2D eigenvalue weighted by atomic mass is 15.1. The van der Waals surface area contributed by atoms with E-state index >= 15 is 0 Å². The molecule has 0 saturated carbocycles. The van der Waals surface area contributed by atoms with Gasteiger partial charge in [-0.15, -0.1) is 0 Å². The summed E-state index contributed by atoms with van der Waals surface area (Å²) >= 11 is 0. The largest absolute Gasteiger partial charge is 0.318 e. The van der Waals surface area contributed by atoms with Gasteiger partial charge in [0, 0.05) is 13.1 Å². The summed E-state index contributed by atoms with van der Waals surface area (Å²) in [5.74, 6) is 0. The van der Waals surface area contributed by atoms with Crippen molar-refractivity contribution in [3.05, 3.63) is 0 Å². The maximum absolute atomic E-state index is 3.12. The molecule has 0 unspecified atom stereocenters. The van der Waals surface area contributed by atoms with E-state index in [1.807, 2.05) is 20.9 Å². The summed E-state index contributed by atoms with van der Waals surface area (Å²) in [7, 11) is 4.14. The predicted molar refractivity (Wildman–Crippen MR) is 53.1 cm³/mol. The van der Waals surface area contributed by atoms with Crippen LogP contribution >= 0.6 is 0 Å². The number of hydrogen-bond donors (Lipinski definition) is 1. The maximum Gasteiger partial charge on any atom is 0.0104 e. The molecule has 0 amide bonds. The molecular weight excluding hydrogens is 136 g/mol. The van der Waals surface area contributed by atoms with Gasteiger partial charge >= 0.3 is 0 Å². The van der Waals surface area contributed by atoms with Crippen LogP contribution in [0.4, 0.5) is 0 Å². The number of rotatable bonds is 5. The fraction of sp³-hybridized carbons (Fsp3) is 1.00. The van der Waals surface area contributed by atoms with E-state index in [4.69, 9.17) is 0 Å². The zero-order valence-electron chi connectivity index (χ0n) is 8.78. The van der Waals surface area contributed by atoms with Crippen molar-refractivity contribution in [2.24, 2.45) is 0 Å². The zero-order chi connectivity index (χ0) is 9.11. The van der Waals surface area contributed by atoms with Gasteiger partial charge in [0.2, 0.25) is 0 Å². The number of hydrogen-bond acceptors (Lipinski definition) is 2. The van der Waals surface area contributed by atoms with Gasteiger partial charge < -0.3 is 10.2 Å². The normalized spacial score (nSPS) is 9.27. The van der Waals surface area contributed by atoms with Gasteiger partial charge in [0.05, 0.1) is 0 Å². The molecule has 0 atom stereocenters. The third-order valence-electron chi connectivity index (χ3n) is 1.35. The van der Waals surface area contributed by atoms with Crippen molar-refractivity contribution in [2.75, 3.05) is 33.7 Å². The minimum absolute atomic E-state index is 1.09.